The molecule has 0 N–H and O–H groups in total. The van der Waals surface area contributed by atoms with Gasteiger partial charge in [-0.25, -0.2) is 6.57 Å². The summed E-state index contributed by atoms with van der Waals surface area (Å²) >= 11 is 5.62. The average Bonchev–Trinajstić information content (AvgIpc) is 1.88. The first-order chi connectivity index (χ1) is 4.83. The third-order valence-corrected chi connectivity index (χ3v) is 1.23. The van der Waals surface area contributed by atoms with Crippen molar-refractivity contribution in [2.75, 3.05) is 0 Å². The van der Waals surface area contributed by atoms with E-state index < -0.39 is 0 Å². The van der Waals surface area contributed by atoms with Crippen molar-refractivity contribution in [3.63, 3.8) is 0 Å². The lowest BCUT2D eigenvalue weighted by atomic mass is 10.3. The molecule has 0 spiro atoms. The smallest absolute Gasteiger partial charge is 0.241 e. The van der Waals surface area contributed by atoms with Crippen LogP contribution in [0.5, 0.6) is 0 Å². The lowest BCUT2D eigenvalue weighted by molar-refractivity contribution is 1.19. The highest BCUT2D eigenvalue weighted by atomic mass is 35.5. The van der Waals surface area contributed by atoms with E-state index in [1.54, 1.807) is 18.5 Å². The Labute approximate surface area is 64.3 Å². The van der Waals surface area contributed by atoms with Crippen molar-refractivity contribution in [1.82, 2.24) is 4.98 Å². The highest BCUT2D eigenvalue weighted by Crippen LogP contribution is 2.08. The molecule has 0 aliphatic rings. The van der Waals surface area contributed by atoms with Crippen molar-refractivity contribution in [3.05, 3.63) is 40.5 Å². The monoisotopic (exact) mass is 152 g/mol. The van der Waals surface area contributed by atoms with Crippen LogP contribution in [-0.4, -0.2) is 4.98 Å². The van der Waals surface area contributed by atoms with Gasteiger partial charge in [0.1, 0.15) is 0 Å². The molecule has 50 valence electrons. The molecule has 0 saturated heterocycles. The highest BCUT2D eigenvalue weighted by molar-refractivity contribution is 6.30. The predicted octanol–water partition coefficient (Wildman–Crippen LogP) is 2.15. The van der Waals surface area contributed by atoms with Crippen molar-refractivity contribution >= 4 is 11.6 Å². The van der Waals surface area contributed by atoms with Gasteiger partial charge in [0, 0.05) is 12.4 Å². The molecule has 0 saturated carbocycles. The first-order valence-electron chi connectivity index (χ1n) is 2.75. The van der Waals surface area contributed by atoms with E-state index in [-0.39, 0.29) is 0 Å². The molecule has 0 aliphatic heterocycles. The zero-order valence-electron chi connectivity index (χ0n) is 5.21. The summed E-state index contributed by atoms with van der Waals surface area (Å²) < 4.78 is 0. The average molecular weight is 153 g/mol. The second kappa shape index (κ2) is 3.19. The van der Waals surface area contributed by atoms with Gasteiger partial charge in [0.25, 0.3) is 0 Å². The van der Waals surface area contributed by atoms with E-state index in [0.717, 1.165) is 5.56 Å². The molecule has 1 rings (SSSR count). The van der Waals surface area contributed by atoms with Gasteiger partial charge in [0.15, 0.2) is 0 Å². The molecule has 3 heteroatoms. The fourth-order valence-electron chi connectivity index (χ4n) is 0.634. The summed E-state index contributed by atoms with van der Waals surface area (Å²) in [5.74, 6) is 0. The van der Waals surface area contributed by atoms with E-state index in [1.165, 1.54) is 0 Å². The second-order valence-electron chi connectivity index (χ2n) is 1.83. The topological polar surface area (TPSA) is 17.2 Å². The number of rotatable bonds is 1. The first-order valence-corrected chi connectivity index (χ1v) is 3.13. The molecule has 0 unspecified atom stereocenters. The molecule has 1 aromatic rings. The highest BCUT2D eigenvalue weighted by Gasteiger charge is 1.94. The number of pyridine rings is 1. The van der Waals surface area contributed by atoms with Crippen LogP contribution in [0.4, 0.5) is 0 Å². The van der Waals surface area contributed by atoms with E-state index in [4.69, 9.17) is 18.2 Å². The Morgan fingerprint density at radius 3 is 3.00 bits per heavy atom. The van der Waals surface area contributed by atoms with Crippen LogP contribution in [0.25, 0.3) is 4.85 Å². The number of hydrogen-bond donors (Lipinski definition) is 0. The quantitative estimate of drug-likeness (QED) is 0.564. The van der Waals surface area contributed by atoms with Crippen molar-refractivity contribution in [3.8, 4) is 0 Å². The van der Waals surface area contributed by atoms with E-state index >= 15 is 0 Å². The Kier molecular flexibility index (Phi) is 2.24. The van der Waals surface area contributed by atoms with Gasteiger partial charge in [-0.1, -0.05) is 11.6 Å². The summed E-state index contributed by atoms with van der Waals surface area (Å²) in [6.45, 7) is 6.92. The maximum atomic E-state index is 6.56. The SMILES string of the molecule is [C-]#[N+]Cc1cncc(Cl)c1. The lowest BCUT2D eigenvalue weighted by Gasteiger charge is -1.89. The van der Waals surface area contributed by atoms with Gasteiger partial charge < -0.3 is 4.85 Å². The molecular formula is C7H5ClN2. The summed E-state index contributed by atoms with van der Waals surface area (Å²) in [7, 11) is 0. The van der Waals surface area contributed by atoms with Gasteiger partial charge >= 0.3 is 0 Å². The van der Waals surface area contributed by atoms with Gasteiger partial charge in [-0.3, -0.25) is 4.98 Å². The summed E-state index contributed by atoms with van der Waals surface area (Å²) in [4.78, 5) is 7.03. The fraction of sp³-hybridized carbons (Fsp3) is 0.143. The maximum Gasteiger partial charge on any atom is 0.241 e. The molecule has 2 nitrogen and oxygen atoms in total. The second-order valence-corrected chi connectivity index (χ2v) is 2.26. The number of aromatic nitrogens is 1. The van der Waals surface area contributed by atoms with Crippen LogP contribution in [0.3, 0.4) is 0 Å². The number of hydrogen-bond acceptors (Lipinski definition) is 1. The summed E-state index contributed by atoms with van der Waals surface area (Å²) in [5, 5.41) is 0.584. The van der Waals surface area contributed by atoms with Crippen LogP contribution < -0.4 is 0 Å². The van der Waals surface area contributed by atoms with Crippen LogP contribution in [0.15, 0.2) is 18.5 Å². The van der Waals surface area contributed by atoms with Crippen LogP contribution in [0.2, 0.25) is 5.02 Å². The van der Waals surface area contributed by atoms with Crippen LogP contribution in [0.1, 0.15) is 5.56 Å². The molecule has 0 aromatic carbocycles. The lowest BCUT2D eigenvalue weighted by Crippen LogP contribution is -1.80. The molecule has 10 heavy (non-hydrogen) atoms. The summed E-state index contributed by atoms with van der Waals surface area (Å²) in [6.07, 6.45) is 3.19. The van der Waals surface area contributed by atoms with Crippen molar-refractivity contribution in [2.24, 2.45) is 0 Å². The Hall–Kier alpha value is -1.07. The van der Waals surface area contributed by atoms with E-state index in [2.05, 4.69) is 9.83 Å². The summed E-state index contributed by atoms with van der Waals surface area (Å²) in [5.41, 5.74) is 0.863. The maximum absolute atomic E-state index is 6.56. The third kappa shape index (κ3) is 1.71. The Balaban J connectivity index is 2.87. The minimum absolute atomic E-state index is 0.355. The molecule has 0 fully saturated rings. The van der Waals surface area contributed by atoms with E-state index in [1.807, 2.05) is 0 Å². The molecule has 0 atom stereocenters. The standard InChI is InChI=1S/C7H5ClN2/c1-9-3-6-2-7(8)5-10-4-6/h2,4-5H,3H2. The van der Waals surface area contributed by atoms with Crippen LogP contribution >= 0.6 is 11.6 Å². The third-order valence-electron chi connectivity index (χ3n) is 1.02. The number of nitrogens with zero attached hydrogens (tertiary/aromatic N) is 2. The van der Waals surface area contributed by atoms with E-state index in [9.17, 15) is 0 Å². The van der Waals surface area contributed by atoms with E-state index in [0.29, 0.717) is 11.6 Å². The van der Waals surface area contributed by atoms with Crippen LogP contribution in [-0.2, 0) is 6.54 Å². The first kappa shape index (κ1) is 7.04. The minimum atomic E-state index is 0.355. The predicted molar refractivity (Wildman–Crippen MR) is 39.6 cm³/mol. The van der Waals surface area contributed by atoms with Crippen molar-refractivity contribution in [2.45, 2.75) is 6.54 Å². The molecule has 1 aromatic heterocycles. The van der Waals surface area contributed by atoms with Gasteiger partial charge in [-0.05, 0) is 6.07 Å². The Morgan fingerprint density at radius 1 is 1.60 bits per heavy atom. The van der Waals surface area contributed by atoms with Gasteiger partial charge in [0.2, 0.25) is 6.54 Å². The summed E-state index contributed by atoms with van der Waals surface area (Å²) in [6, 6.07) is 1.74. The fourth-order valence-corrected chi connectivity index (χ4v) is 0.830. The zero-order chi connectivity index (χ0) is 7.40. The number of halogens is 1. The normalized spacial score (nSPS) is 8.80. The van der Waals surface area contributed by atoms with Gasteiger partial charge in [-0.2, -0.15) is 0 Å². The molecule has 0 bridgehead atoms. The molecule has 0 aliphatic carbocycles. The van der Waals surface area contributed by atoms with Gasteiger partial charge in [0.05, 0.1) is 10.6 Å². The minimum Gasteiger partial charge on any atom is -0.312 e. The molecule has 1 heterocycles. The molecular weight excluding hydrogens is 148 g/mol. The Bertz CT molecular complexity index is 265. The van der Waals surface area contributed by atoms with Crippen molar-refractivity contribution in [1.29, 1.82) is 0 Å². The van der Waals surface area contributed by atoms with Crippen molar-refractivity contribution < 1.29 is 0 Å². The molecule has 0 amide bonds. The van der Waals surface area contributed by atoms with Gasteiger partial charge in [-0.15, -0.1) is 0 Å². The molecule has 0 radical (unpaired) electrons. The zero-order valence-corrected chi connectivity index (χ0v) is 5.97. The Morgan fingerprint density at radius 2 is 2.40 bits per heavy atom. The largest absolute Gasteiger partial charge is 0.312 e. The van der Waals surface area contributed by atoms with Crippen LogP contribution in [0, 0.1) is 6.57 Å².